The van der Waals surface area contributed by atoms with E-state index < -0.39 is 17.2 Å². The third kappa shape index (κ3) is 4.83. The number of aromatic nitrogens is 1. The van der Waals surface area contributed by atoms with Gasteiger partial charge in [-0.3, -0.25) is 14.2 Å². The van der Waals surface area contributed by atoms with Crippen LogP contribution in [0.15, 0.2) is 47.3 Å². The number of amides is 1. The van der Waals surface area contributed by atoms with E-state index in [1.165, 1.54) is 10.6 Å². The SMILES string of the molecule is Cc1cc(OCc2ccc(F)cc2F)c(Cl)c(=O)n1-c1ccc2c(c1)CCN(C(=O)CCO)C2. The Hall–Kier alpha value is -3.23. The molecule has 1 aliphatic heterocycles. The van der Waals surface area contributed by atoms with Crippen LogP contribution in [0, 0.1) is 18.6 Å². The third-order valence-electron chi connectivity index (χ3n) is 5.84. The summed E-state index contributed by atoms with van der Waals surface area (Å²) in [6, 6.07) is 10.3. The van der Waals surface area contributed by atoms with Crippen LogP contribution in [0.4, 0.5) is 8.78 Å². The first kappa shape index (κ1) is 23.9. The number of rotatable bonds is 6. The largest absolute Gasteiger partial charge is 0.487 e. The Morgan fingerprint density at radius 2 is 1.94 bits per heavy atom. The second-order valence-electron chi connectivity index (χ2n) is 8.12. The number of ether oxygens (including phenoxy) is 1. The van der Waals surface area contributed by atoms with Crippen LogP contribution < -0.4 is 10.3 Å². The lowest BCUT2D eigenvalue weighted by atomic mass is 9.98. The van der Waals surface area contributed by atoms with Crippen LogP contribution in [0.2, 0.25) is 5.02 Å². The summed E-state index contributed by atoms with van der Waals surface area (Å²) >= 11 is 6.30. The zero-order chi connectivity index (χ0) is 24.4. The van der Waals surface area contributed by atoms with Gasteiger partial charge in [-0.2, -0.15) is 0 Å². The molecule has 1 aliphatic rings. The molecule has 1 aromatic heterocycles. The van der Waals surface area contributed by atoms with Crippen LogP contribution in [-0.2, 0) is 24.4 Å². The molecule has 0 aliphatic carbocycles. The molecule has 2 aromatic carbocycles. The van der Waals surface area contributed by atoms with E-state index in [4.69, 9.17) is 21.4 Å². The Kier molecular flexibility index (Phi) is 7.00. The Bertz CT molecular complexity index is 1310. The lowest BCUT2D eigenvalue weighted by Crippen LogP contribution is -2.36. The fourth-order valence-corrected chi connectivity index (χ4v) is 4.24. The summed E-state index contributed by atoms with van der Waals surface area (Å²) in [7, 11) is 0. The van der Waals surface area contributed by atoms with Gasteiger partial charge < -0.3 is 14.7 Å². The van der Waals surface area contributed by atoms with Gasteiger partial charge in [0.1, 0.15) is 29.0 Å². The van der Waals surface area contributed by atoms with Crippen LogP contribution in [0.25, 0.3) is 5.69 Å². The van der Waals surface area contributed by atoms with Crippen molar-refractivity contribution in [1.29, 1.82) is 0 Å². The Labute approximate surface area is 200 Å². The first-order valence-electron chi connectivity index (χ1n) is 10.8. The zero-order valence-corrected chi connectivity index (χ0v) is 19.2. The molecule has 1 N–H and O–H groups in total. The van der Waals surface area contributed by atoms with Gasteiger partial charge in [0.05, 0.1) is 6.61 Å². The van der Waals surface area contributed by atoms with Crippen molar-refractivity contribution in [3.05, 3.63) is 91.9 Å². The average molecular weight is 489 g/mol. The van der Waals surface area contributed by atoms with E-state index in [9.17, 15) is 18.4 Å². The van der Waals surface area contributed by atoms with Crippen molar-refractivity contribution in [3.8, 4) is 11.4 Å². The summed E-state index contributed by atoms with van der Waals surface area (Å²) in [4.78, 5) is 26.9. The smallest absolute Gasteiger partial charge is 0.277 e. The molecule has 0 spiro atoms. The minimum absolute atomic E-state index is 0.0906. The summed E-state index contributed by atoms with van der Waals surface area (Å²) in [6.07, 6.45) is 0.731. The van der Waals surface area contributed by atoms with E-state index >= 15 is 0 Å². The highest BCUT2D eigenvalue weighted by molar-refractivity contribution is 6.31. The third-order valence-corrected chi connectivity index (χ3v) is 6.18. The Morgan fingerprint density at radius 3 is 2.68 bits per heavy atom. The number of aryl methyl sites for hydroxylation is 1. The van der Waals surface area contributed by atoms with Gasteiger partial charge >= 0.3 is 0 Å². The average Bonchev–Trinajstić information content (AvgIpc) is 2.81. The van der Waals surface area contributed by atoms with Gasteiger partial charge in [0, 0.05) is 48.6 Å². The van der Waals surface area contributed by atoms with Gasteiger partial charge in [-0.15, -0.1) is 0 Å². The quantitative estimate of drug-likeness (QED) is 0.571. The van der Waals surface area contributed by atoms with Crippen molar-refractivity contribution in [1.82, 2.24) is 9.47 Å². The van der Waals surface area contributed by atoms with Crippen LogP contribution in [0.1, 0.15) is 28.8 Å². The van der Waals surface area contributed by atoms with Gasteiger partial charge in [0.2, 0.25) is 5.91 Å². The molecule has 0 fully saturated rings. The fraction of sp³-hybridized carbons (Fsp3) is 0.280. The van der Waals surface area contributed by atoms with E-state index in [-0.39, 0.29) is 41.9 Å². The van der Waals surface area contributed by atoms with E-state index in [0.717, 1.165) is 23.3 Å². The molecule has 3 aromatic rings. The van der Waals surface area contributed by atoms with E-state index in [0.29, 0.717) is 30.9 Å². The monoisotopic (exact) mass is 488 g/mol. The van der Waals surface area contributed by atoms with Crippen molar-refractivity contribution in [3.63, 3.8) is 0 Å². The second kappa shape index (κ2) is 9.95. The minimum atomic E-state index is -0.744. The minimum Gasteiger partial charge on any atom is -0.487 e. The van der Waals surface area contributed by atoms with E-state index in [2.05, 4.69) is 0 Å². The molecular weight excluding hydrogens is 466 g/mol. The number of halogens is 3. The normalized spacial score (nSPS) is 13.0. The molecule has 4 rings (SSSR count). The molecule has 0 bridgehead atoms. The molecule has 0 atom stereocenters. The molecule has 2 heterocycles. The lowest BCUT2D eigenvalue weighted by Gasteiger charge is -2.29. The second-order valence-corrected chi connectivity index (χ2v) is 8.50. The van der Waals surface area contributed by atoms with Gasteiger partial charge in [-0.1, -0.05) is 17.7 Å². The van der Waals surface area contributed by atoms with Crippen molar-refractivity contribution >= 4 is 17.5 Å². The molecule has 178 valence electrons. The topological polar surface area (TPSA) is 71.8 Å². The maximum absolute atomic E-state index is 13.9. The number of fused-ring (bicyclic) bond motifs is 1. The maximum Gasteiger partial charge on any atom is 0.277 e. The number of hydrogen-bond donors (Lipinski definition) is 1. The Morgan fingerprint density at radius 1 is 1.15 bits per heavy atom. The number of carbonyl (C=O) groups excluding carboxylic acids is 1. The Balaban J connectivity index is 1.58. The lowest BCUT2D eigenvalue weighted by molar-refractivity contribution is -0.132. The number of nitrogens with zero attached hydrogens (tertiary/aromatic N) is 2. The van der Waals surface area contributed by atoms with Gasteiger partial charge in [-0.05, 0) is 48.7 Å². The number of hydrogen-bond acceptors (Lipinski definition) is 4. The summed E-state index contributed by atoms with van der Waals surface area (Å²) in [5.74, 6) is -1.41. The molecule has 1 amide bonds. The summed E-state index contributed by atoms with van der Waals surface area (Å²) in [5.41, 5.74) is 2.88. The predicted molar refractivity (Wildman–Crippen MR) is 123 cm³/mol. The summed E-state index contributed by atoms with van der Waals surface area (Å²) < 4.78 is 34.0. The van der Waals surface area contributed by atoms with Crippen molar-refractivity contribution in [2.24, 2.45) is 0 Å². The zero-order valence-electron chi connectivity index (χ0n) is 18.5. The fourth-order valence-electron chi connectivity index (χ4n) is 4.05. The summed E-state index contributed by atoms with van der Waals surface area (Å²) in [6.45, 7) is 2.34. The van der Waals surface area contributed by atoms with Crippen molar-refractivity contribution in [2.45, 2.75) is 32.9 Å². The number of pyridine rings is 1. The molecule has 9 heteroatoms. The maximum atomic E-state index is 13.9. The van der Waals surface area contributed by atoms with Gasteiger partial charge in [0.15, 0.2) is 0 Å². The number of aliphatic hydroxyl groups is 1. The molecule has 0 radical (unpaired) electrons. The van der Waals surface area contributed by atoms with Crippen molar-refractivity contribution in [2.75, 3.05) is 13.2 Å². The van der Waals surface area contributed by atoms with E-state index in [1.807, 2.05) is 12.1 Å². The highest BCUT2D eigenvalue weighted by Crippen LogP contribution is 2.27. The van der Waals surface area contributed by atoms with E-state index in [1.54, 1.807) is 24.0 Å². The van der Waals surface area contributed by atoms with Crippen LogP contribution in [0.5, 0.6) is 5.75 Å². The molecule has 0 unspecified atom stereocenters. The highest BCUT2D eigenvalue weighted by atomic mass is 35.5. The van der Waals surface area contributed by atoms with Crippen LogP contribution in [0.3, 0.4) is 0 Å². The predicted octanol–water partition coefficient (Wildman–Crippen LogP) is 3.92. The standard InChI is InChI=1S/C25H23ClF2N2O4/c1-15-10-22(34-14-18-2-4-19(27)12-21(18)28)24(26)25(33)30(15)20-5-3-17-13-29(23(32)7-9-31)8-6-16(17)11-20/h2-5,10-12,31H,6-9,13-14H2,1H3. The first-order chi connectivity index (χ1) is 16.3. The van der Waals surface area contributed by atoms with Crippen molar-refractivity contribution < 1.29 is 23.4 Å². The number of benzene rings is 2. The van der Waals surface area contributed by atoms with Crippen LogP contribution >= 0.6 is 11.6 Å². The number of carbonyl (C=O) groups is 1. The molecule has 6 nitrogen and oxygen atoms in total. The highest BCUT2D eigenvalue weighted by Gasteiger charge is 2.22. The molecular formula is C25H23ClF2N2O4. The van der Waals surface area contributed by atoms with Gasteiger partial charge in [-0.25, -0.2) is 8.78 Å². The molecule has 0 saturated heterocycles. The summed E-state index contributed by atoms with van der Waals surface area (Å²) in [5, 5.41) is 8.86. The van der Waals surface area contributed by atoms with Crippen LogP contribution in [-0.4, -0.2) is 33.6 Å². The molecule has 34 heavy (non-hydrogen) atoms. The van der Waals surface area contributed by atoms with Gasteiger partial charge in [0.25, 0.3) is 5.56 Å². The molecule has 0 saturated carbocycles. The first-order valence-corrected chi connectivity index (χ1v) is 11.2. The number of aliphatic hydroxyl groups excluding tert-OH is 1.